The van der Waals surface area contributed by atoms with Crippen LogP contribution in [0.2, 0.25) is 0 Å². The fourth-order valence-corrected chi connectivity index (χ4v) is 2.06. The summed E-state index contributed by atoms with van der Waals surface area (Å²) in [6.45, 7) is 1.24. The highest BCUT2D eigenvalue weighted by Gasteiger charge is 2.37. The third-order valence-corrected chi connectivity index (χ3v) is 3.05. The number of hydrogen-bond acceptors (Lipinski definition) is 3. The van der Waals surface area contributed by atoms with Crippen LogP contribution in [0.5, 0.6) is 0 Å². The van der Waals surface area contributed by atoms with Gasteiger partial charge in [0.05, 0.1) is 11.7 Å². The molecule has 82 valence electrons. The number of β-amino-alcohol motifs (C(OH)–C–C–N with tert-alkyl or cyclic N) is 1. The van der Waals surface area contributed by atoms with E-state index in [2.05, 4.69) is 5.32 Å². The molecular weight excluding hydrogens is 190 g/mol. The Hall–Kier alpha value is -0.900. The summed E-state index contributed by atoms with van der Waals surface area (Å²) in [6, 6.07) is 9.81. The maximum absolute atomic E-state index is 10.3. The van der Waals surface area contributed by atoms with Crippen molar-refractivity contribution in [2.24, 2.45) is 0 Å². The Morgan fingerprint density at radius 3 is 2.73 bits per heavy atom. The summed E-state index contributed by atoms with van der Waals surface area (Å²) in [7, 11) is 0. The first-order chi connectivity index (χ1) is 7.21. The van der Waals surface area contributed by atoms with Gasteiger partial charge in [0.15, 0.2) is 0 Å². The van der Waals surface area contributed by atoms with Gasteiger partial charge in [-0.3, -0.25) is 0 Å². The smallest absolute Gasteiger partial charge is 0.0970 e. The van der Waals surface area contributed by atoms with Crippen LogP contribution in [0.4, 0.5) is 0 Å². The fraction of sp³-hybridized carbons (Fsp3) is 0.500. The molecule has 3 N–H and O–H groups in total. The first kappa shape index (κ1) is 10.6. The lowest BCUT2D eigenvalue weighted by molar-refractivity contribution is -0.0911. The van der Waals surface area contributed by atoms with Gasteiger partial charge in [-0.2, -0.15) is 0 Å². The lowest BCUT2D eigenvalue weighted by atomic mass is 9.84. The second kappa shape index (κ2) is 4.31. The number of piperidine rings is 1. The van der Waals surface area contributed by atoms with Gasteiger partial charge in [-0.05, 0) is 18.5 Å². The van der Waals surface area contributed by atoms with Gasteiger partial charge < -0.3 is 15.5 Å². The van der Waals surface area contributed by atoms with Crippen molar-refractivity contribution in [2.45, 2.75) is 24.5 Å². The van der Waals surface area contributed by atoms with E-state index < -0.39 is 11.7 Å². The van der Waals surface area contributed by atoms with Crippen LogP contribution in [0.1, 0.15) is 12.0 Å². The number of aliphatic hydroxyl groups excluding tert-OH is 1. The van der Waals surface area contributed by atoms with E-state index in [-0.39, 0.29) is 0 Å². The molecule has 0 aromatic heterocycles. The molecule has 1 aromatic rings. The lowest BCUT2D eigenvalue weighted by Crippen LogP contribution is -2.55. The second-order valence-corrected chi connectivity index (χ2v) is 4.24. The summed E-state index contributed by atoms with van der Waals surface area (Å²) in [5.41, 5.74) is 0.105. The topological polar surface area (TPSA) is 52.5 Å². The molecule has 2 atom stereocenters. The van der Waals surface area contributed by atoms with Crippen LogP contribution in [-0.4, -0.2) is 35.0 Å². The van der Waals surface area contributed by atoms with Gasteiger partial charge in [0.2, 0.25) is 0 Å². The average molecular weight is 207 g/mol. The van der Waals surface area contributed by atoms with Crippen LogP contribution in [0.3, 0.4) is 0 Å². The molecule has 0 aliphatic carbocycles. The number of hydrogen-bond donors (Lipinski definition) is 3. The summed E-state index contributed by atoms with van der Waals surface area (Å²) < 4.78 is 0. The minimum Gasteiger partial charge on any atom is -0.389 e. The Labute approximate surface area is 89.8 Å². The van der Waals surface area contributed by atoms with Crippen molar-refractivity contribution in [3.8, 4) is 0 Å². The van der Waals surface area contributed by atoms with Gasteiger partial charge in [-0.1, -0.05) is 30.3 Å². The number of aliphatic hydroxyl groups is 2. The highest BCUT2D eigenvalue weighted by atomic mass is 16.3. The molecule has 3 heteroatoms. The summed E-state index contributed by atoms with van der Waals surface area (Å²) in [5.74, 6) is 0. The van der Waals surface area contributed by atoms with Crippen LogP contribution < -0.4 is 5.32 Å². The highest BCUT2D eigenvalue weighted by molar-refractivity contribution is 5.18. The molecule has 1 unspecified atom stereocenters. The van der Waals surface area contributed by atoms with E-state index in [0.717, 1.165) is 12.1 Å². The molecule has 0 amide bonds. The van der Waals surface area contributed by atoms with Crippen molar-refractivity contribution in [1.82, 2.24) is 5.32 Å². The largest absolute Gasteiger partial charge is 0.389 e. The zero-order valence-electron chi connectivity index (χ0n) is 8.69. The summed E-state index contributed by atoms with van der Waals surface area (Å²) >= 11 is 0. The zero-order valence-corrected chi connectivity index (χ0v) is 8.69. The number of nitrogens with one attached hydrogen (secondary N) is 1. The Balaban J connectivity index is 2.09. The molecule has 15 heavy (non-hydrogen) atoms. The predicted molar refractivity (Wildman–Crippen MR) is 58.6 cm³/mol. The molecule has 0 radical (unpaired) electrons. The van der Waals surface area contributed by atoms with E-state index in [1.807, 2.05) is 30.3 Å². The monoisotopic (exact) mass is 207 g/mol. The van der Waals surface area contributed by atoms with Gasteiger partial charge in [0, 0.05) is 13.0 Å². The van der Waals surface area contributed by atoms with Crippen molar-refractivity contribution in [2.75, 3.05) is 13.1 Å². The molecule has 0 bridgehead atoms. The van der Waals surface area contributed by atoms with E-state index in [0.29, 0.717) is 19.4 Å². The van der Waals surface area contributed by atoms with Crippen LogP contribution in [0.25, 0.3) is 0 Å². The Morgan fingerprint density at radius 2 is 2.07 bits per heavy atom. The van der Waals surface area contributed by atoms with Crippen molar-refractivity contribution < 1.29 is 10.2 Å². The Kier molecular flexibility index (Phi) is 3.05. The second-order valence-electron chi connectivity index (χ2n) is 4.24. The number of benzene rings is 1. The average Bonchev–Trinajstić information content (AvgIpc) is 2.24. The summed E-state index contributed by atoms with van der Waals surface area (Å²) in [4.78, 5) is 0. The zero-order chi connectivity index (χ0) is 10.7. The standard InChI is InChI=1S/C12H17NO2/c14-11-9-13-7-6-12(11,15)8-10-4-2-1-3-5-10/h1-5,11,13-15H,6-9H2/t11?,12-/m0/s1. The minimum absolute atomic E-state index is 0.476. The van der Waals surface area contributed by atoms with Crippen molar-refractivity contribution in [3.63, 3.8) is 0 Å². The SMILES string of the molecule is OC1CNCC[C@]1(O)Cc1ccccc1. The molecule has 1 aliphatic rings. The first-order valence-corrected chi connectivity index (χ1v) is 5.36. The third-order valence-electron chi connectivity index (χ3n) is 3.05. The molecule has 3 nitrogen and oxygen atoms in total. The van der Waals surface area contributed by atoms with Gasteiger partial charge in [-0.15, -0.1) is 0 Å². The maximum Gasteiger partial charge on any atom is 0.0970 e. The normalized spacial score (nSPS) is 31.5. The predicted octanol–water partition coefficient (Wildman–Crippen LogP) is 0.314. The molecule has 1 saturated heterocycles. The molecule has 1 fully saturated rings. The van der Waals surface area contributed by atoms with Gasteiger partial charge in [-0.25, -0.2) is 0 Å². The molecular formula is C12H17NO2. The quantitative estimate of drug-likeness (QED) is 0.654. The van der Waals surface area contributed by atoms with E-state index in [1.165, 1.54) is 0 Å². The van der Waals surface area contributed by atoms with E-state index in [1.54, 1.807) is 0 Å². The third kappa shape index (κ3) is 2.37. The maximum atomic E-state index is 10.3. The van der Waals surface area contributed by atoms with E-state index >= 15 is 0 Å². The van der Waals surface area contributed by atoms with Crippen molar-refractivity contribution in [1.29, 1.82) is 0 Å². The molecule has 2 rings (SSSR count). The molecule has 1 aromatic carbocycles. The highest BCUT2D eigenvalue weighted by Crippen LogP contribution is 2.23. The molecule has 1 aliphatic heterocycles. The van der Waals surface area contributed by atoms with Crippen molar-refractivity contribution in [3.05, 3.63) is 35.9 Å². The molecule has 1 heterocycles. The Morgan fingerprint density at radius 1 is 1.33 bits per heavy atom. The number of rotatable bonds is 2. The Bertz CT molecular complexity index is 315. The van der Waals surface area contributed by atoms with E-state index in [9.17, 15) is 10.2 Å². The van der Waals surface area contributed by atoms with Crippen LogP contribution >= 0.6 is 0 Å². The minimum atomic E-state index is -0.966. The summed E-state index contributed by atoms with van der Waals surface area (Å²) in [5, 5.41) is 23.1. The van der Waals surface area contributed by atoms with Crippen molar-refractivity contribution >= 4 is 0 Å². The van der Waals surface area contributed by atoms with Crippen LogP contribution in [0.15, 0.2) is 30.3 Å². The summed E-state index contributed by atoms with van der Waals surface area (Å²) in [6.07, 6.45) is 0.450. The first-order valence-electron chi connectivity index (χ1n) is 5.36. The van der Waals surface area contributed by atoms with Gasteiger partial charge in [0.1, 0.15) is 0 Å². The van der Waals surface area contributed by atoms with Gasteiger partial charge >= 0.3 is 0 Å². The fourth-order valence-electron chi connectivity index (χ4n) is 2.06. The molecule has 0 saturated carbocycles. The lowest BCUT2D eigenvalue weighted by Gasteiger charge is -2.37. The van der Waals surface area contributed by atoms with Crippen LogP contribution in [-0.2, 0) is 6.42 Å². The molecule has 0 spiro atoms. The van der Waals surface area contributed by atoms with Gasteiger partial charge in [0.25, 0.3) is 0 Å². The van der Waals surface area contributed by atoms with Crippen LogP contribution in [0, 0.1) is 0 Å². The van der Waals surface area contributed by atoms with E-state index in [4.69, 9.17) is 0 Å².